The molecule has 3 atom stereocenters. The molecule has 1 saturated heterocycles. The number of aliphatic hydroxyl groups is 1. The van der Waals surface area contributed by atoms with Crippen LogP contribution in [-0.4, -0.2) is 58.1 Å². The number of carboxylic acid groups (broad SMARTS) is 1. The molecule has 1 heterocycles. The lowest BCUT2D eigenvalue weighted by atomic mass is 9.85. The van der Waals surface area contributed by atoms with Gasteiger partial charge in [0.25, 0.3) is 0 Å². The normalized spacial score (nSPS) is 23.1. The second-order valence-corrected chi connectivity index (χ2v) is 9.44. The number of unbranched alkanes of at least 4 members (excludes halogenated alkanes) is 1. The third-order valence-electron chi connectivity index (χ3n) is 5.94. The van der Waals surface area contributed by atoms with Gasteiger partial charge in [-0.25, -0.2) is 4.79 Å². The Kier molecular flexibility index (Phi) is 8.75. The maximum Gasteiger partial charge on any atom is 0.409 e. The molecule has 1 aliphatic heterocycles. The molecule has 0 radical (unpaired) electrons. The average molecular weight is 401 g/mol. The molecule has 164 valence electrons. The smallest absolute Gasteiger partial charge is 0.409 e. The van der Waals surface area contributed by atoms with Crippen molar-refractivity contribution in [3.8, 4) is 0 Å². The molecule has 0 saturated carbocycles. The molecular weight excluding hydrogens is 360 g/mol. The first-order chi connectivity index (χ1) is 12.9. The van der Waals surface area contributed by atoms with Gasteiger partial charge in [0.15, 0.2) is 0 Å². The molecule has 7 heteroatoms. The Hall–Kier alpha value is -1.34. The topological polar surface area (TPSA) is 99.1 Å². The van der Waals surface area contributed by atoms with E-state index in [1.807, 2.05) is 27.7 Å². The molecule has 0 aliphatic carbocycles. The van der Waals surface area contributed by atoms with Gasteiger partial charge in [0.1, 0.15) is 5.72 Å². The molecule has 0 spiro atoms. The zero-order chi connectivity index (χ0) is 21.7. The standard InChI is InChI=1S/C21H40N2O5/c1-8-9-10-20(4,5)18(25)22-12-17-16(11-15(13-24)14(2)3)23(19(26)27)21(6,7)28-17/h14-17,24H,8-13H2,1-7H3,(H,22,25)(H,26,27). The number of aliphatic hydroxyl groups excluding tert-OH is 1. The van der Waals surface area contributed by atoms with Crippen LogP contribution < -0.4 is 5.32 Å². The summed E-state index contributed by atoms with van der Waals surface area (Å²) in [6, 6.07) is -0.425. The second kappa shape index (κ2) is 9.92. The zero-order valence-electron chi connectivity index (χ0n) is 18.6. The largest absolute Gasteiger partial charge is 0.465 e. The number of hydrogen-bond donors (Lipinski definition) is 3. The molecule has 1 aliphatic rings. The quantitative estimate of drug-likeness (QED) is 0.521. The van der Waals surface area contributed by atoms with Gasteiger partial charge in [-0.3, -0.25) is 9.69 Å². The fourth-order valence-electron chi connectivity index (χ4n) is 3.91. The molecule has 0 aromatic rings. The van der Waals surface area contributed by atoms with Crippen molar-refractivity contribution in [2.45, 2.75) is 92.0 Å². The number of ether oxygens (including phenoxy) is 1. The van der Waals surface area contributed by atoms with E-state index in [1.165, 1.54) is 4.90 Å². The third-order valence-corrected chi connectivity index (χ3v) is 5.94. The van der Waals surface area contributed by atoms with Crippen LogP contribution in [-0.2, 0) is 9.53 Å². The molecule has 2 amide bonds. The fourth-order valence-corrected chi connectivity index (χ4v) is 3.91. The van der Waals surface area contributed by atoms with Crippen LogP contribution in [0.5, 0.6) is 0 Å². The molecule has 0 aromatic carbocycles. The van der Waals surface area contributed by atoms with E-state index in [2.05, 4.69) is 12.2 Å². The number of nitrogens with zero attached hydrogens (tertiary/aromatic N) is 1. The van der Waals surface area contributed by atoms with Crippen LogP contribution in [0.3, 0.4) is 0 Å². The number of nitrogens with one attached hydrogen (secondary N) is 1. The van der Waals surface area contributed by atoms with Gasteiger partial charge in [-0.1, -0.05) is 47.5 Å². The minimum atomic E-state index is -1.05. The second-order valence-electron chi connectivity index (χ2n) is 9.44. The van der Waals surface area contributed by atoms with Crippen molar-refractivity contribution in [1.82, 2.24) is 10.2 Å². The lowest BCUT2D eigenvalue weighted by Crippen LogP contribution is -2.50. The summed E-state index contributed by atoms with van der Waals surface area (Å²) < 4.78 is 6.05. The SMILES string of the molecule is CCCCC(C)(C)C(=O)NCC1OC(C)(C)N(C(=O)O)C1CC(CO)C(C)C. The van der Waals surface area contributed by atoms with Gasteiger partial charge in [0, 0.05) is 18.6 Å². The van der Waals surface area contributed by atoms with E-state index in [9.17, 15) is 19.8 Å². The van der Waals surface area contributed by atoms with Gasteiger partial charge in [-0.2, -0.15) is 0 Å². The van der Waals surface area contributed by atoms with E-state index in [-0.39, 0.29) is 30.9 Å². The molecule has 28 heavy (non-hydrogen) atoms. The molecule has 0 bridgehead atoms. The molecule has 0 aromatic heterocycles. The Bertz CT molecular complexity index is 533. The van der Waals surface area contributed by atoms with Crippen molar-refractivity contribution in [2.75, 3.05) is 13.2 Å². The first kappa shape index (κ1) is 24.7. The maximum absolute atomic E-state index is 12.7. The van der Waals surface area contributed by atoms with Gasteiger partial charge >= 0.3 is 6.09 Å². The minimum Gasteiger partial charge on any atom is -0.465 e. The highest BCUT2D eigenvalue weighted by atomic mass is 16.6. The van der Waals surface area contributed by atoms with Crippen molar-refractivity contribution in [3.63, 3.8) is 0 Å². The first-order valence-electron chi connectivity index (χ1n) is 10.5. The number of rotatable bonds is 10. The molecule has 7 nitrogen and oxygen atoms in total. The molecular formula is C21H40N2O5. The van der Waals surface area contributed by atoms with Crippen LogP contribution in [0.2, 0.25) is 0 Å². The predicted molar refractivity (Wildman–Crippen MR) is 109 cm³/mol. The van der Waals surface area contributed by atoms with Crippen LogP contribution in [0, 0.1) is 17.3 Å². The Morgan fingerprint density at radius 1 is 1.29 bits per heavy atom. The van der Waals surface area contributed by atoms with Gasteiger partial charge in [0.2, 0.25) is 5.91 Å². The summed E-state index contributed by atoms with van der Waals surface area (Å²) in [5.41, 5.74) is -1.46. The zero-order valence-corrected chi connectivity index (χ0v) is 18.6. The highest BCUT2D eigenvalue weighted by molar-refractivity contribution is 5.81. The lowest BCUT2D eigenvalue weighted by molar-refractivity contribution is -0.131. The van der Waals surface area contributed by atoms with E-state index in [1.54, 1.807) is 13.8 Å². The van der Waals surface area contributed by atoms with Crippen LogP contribution in [0.25, 0.3) is 0 Å². The number of amides is 2. The minimum absolute atomic E-state index is 0.00875. The van der Waals surface area contributed by atoms with E-state index >= 15 is 0 Å². The maximum atomic E-state index is 12.7. The monoisotopic (exact) mass is 400 g/mol. The fraction of sp³-hybridized carbons (Fsp3) is 0.905. The van der Waals surface area contributed by atoms with Crippen molar-refractivity contribution in [1.29, 1.82) is 0 Å². The van der Waals surface area contributed by atoms with E-state index in [0.29, 0.717) is 6.42 Å². The first-order valence-corrected chi connectivity index (χ1v) is 10.5. The molecule has 1 rings (SSSR count). The molecule has 3 unspecified atom stereocenters. The van der Waals surface area contributed by atoms with E-state index < -0.39 is 29.4 Å². The summed E-state index contributed by atoms with van der Waals surface area (Å²) in [4.78, 5) is 25.9. The van der Waals surface area contributed by atoms with Crippen LogP contribution in [0.4, 0.5) is 4.79 Å². The predicted octanol–water partition coefficient (Wildman–Crippen LogP) is 3.46. The average Bonchev–Trinajstić information content (AvgIpc) is 2.84. The molecule has 3 N–H and O–H groups in total. The van der Waals surface area contributed by atoms with Gasteiger partial charge in [0.05, 0.1) is 12.1 Å². The van der Waals surface area contributed by atoms with Crippen LogP contribution in [0.1, 0.15) is 74.1 Å². The summed E-state index contributed by atoms with van der Waals surface area (Å²) in [7, 11) is 0. The van der Waals surface area contributed by atoms with Crippen molar-refractivity contribution < 1.29 is 24.5 Å². The van der Waals surface area contributed by atoms with Crippen molar-refractivity contribution in [2.24, 2.45) is 17.3 Å². The van der Waals surface area contributed by atoms with Gasteiger partial charge in [-0.05, 0) is 38.5 Å². The third kappa shape index (κ3) is 6.08. The number of hydrogen-bond acceptors (Lipinski definition) is 4. The summed E-state index contributed by atoms with van der Waals surface area (Å²) in [6.07, 6.45) is 1.80. The Labute approximate surface area is 169 Å². The van der Waals surface area contributed by atoms with Gasteiger partial charge < -0.3 is 20.3 Å². The van der Waals surface area contributed by atoms with E-state index in [0.717, 1.165) is 19.3 Å². The highest BCUT2D eigenvalue weighted by Crippen LogP contribution is 2.36. The van der Waals surface area contributed by atoms with Crippen molar-refractivity contribution >= 4 is 12.0 Å². The number of carbonyl (C=O) groups excluding carboxylic acids is 1. The highest BCUT2D eigenvalue weighted by Gasteiger charge is 2.50. The van der Waals surface area contributed by atoms with Crippen molar-refractivity contribution in [3.05, 3.63) is 0 Å². The Morgan fingerprint density at radius 2 is 1.89 bits per heavy atom. The Balaban J connectivity index is 2.94. The summed E-state index contributed by atoms with van der Waals surface area (Å²) >= 11 is 0. The number of carbonyl (C=O) groups is 2. The summed E-state index contributed by atoms with van der Waals surface area (Å²) in [5.74, 6) is 0.133. The summed E-state index contributed by atoms with van der Waals surface area (Å²) in [5, 5.41) is 22.5. The van der Waals surface area contributed by atoms with E-state index in [4.69, 9.17) is 4.74 Å². The molecule has 1 fully saturated rings. The Morgan fingerprint density at radius 3 is 2.36 bits per heavy atom. The van der Waals surface area contributed by atoms with Gasteiger partial charge in [-0.15, -0.1) is 0 Å². The summed E-state index contributed by atoms with van der Waals surface area (Å²) in [6.45, 7) is 13.7. The van der Waals surface area contributed by atoms with Crippen LogP contribution in [0.15, 0.2) is 0 Å². The van der Waals surface area contributed by atoms with Crippen LogP contribution >= 0.6 is 0 Å². The lowest BCUT2D eigenvalue weighted by Gasteiger charge is -2.33.